The number of nitrogens with two attached hydrogens (primary N) is 1. The number of rotatable bonds is 6. The van der Waals surface area contributed by atoms with E-state index >= 15 is 0 Å². The highest BCUT2D eigenvalue weighted by atomic mass is 16.6. The molecule has 1 aromatic carbocycles. The molecular formula is C17H24N4O6. The molecule has 1 unspecified atom stereocenters. The summed E-state index contributed by atoms with van der Waals surface area (Å²) in [6.45, 7) is 4.92. The van der Waals surface area contributed by atoms with Crippen molar-refractivity contribution in [3.8, 4) is 0 Å². The van der Waals surface area contributed by atoms with Crippen LogP contribution in [0.5, 0.6) is 0 Å². The summed E-state index contributed by atoms with van der Waals surface area (Å²) in [6.07, 6.45) is -2.31. The van der Waals surface area contributed by atoms with Crippen LogP contribution in [0.1, 0.15) is 32.8 Å². The summed E-state index contributed by atoms with van der Waals surface area (Å²) in [4.78, 5) is 46.6. The minimum Gasteiger partial charge on any atom is -0.445 e. The molecule has 5 N–H and O–H groups in total. The number of benzene rings is 1. The highest BCUT2D eigenvalue weighted by Gasteiger charge is 2.25. The Morgan fingerprint density at radius 2 is 1.67 bits per heavy atom. The SMILES string of the molecule is CC(C)(C)OC(=O)NNC(=O)C(CC(N)=O)NC(=O)OCc1ccccc1. The van der Waals surface area contributed by atoms with Gasteiger partial charge in [-0.3, -0.25) is 15.0 Å². The van der Waals surface area contributed by atoms with Gasteiger partial charge in [0.1, 0.15) is 18.2 Å². The molecule has 4 amide bonds. The molecule has 0 saturated heterocycles. The van der Waals surface area contributed by atoms with Crippen LogP contribution in [0.3, 0.4) is 0 Å². The molecule has 1 rings (SSSR count). The van der Waals surface area contributed by atoms with Crippen molar-refractivity contribution < 1.29 is 28.7 Å². The predicted molar refractivity (Wildman–Crippen MR) is 94.9 cm³/mol. The number of amides is 4. The number of nitrogens with one attached hydrogen (secondary N) is 3. The first-order valence-electron chi connectivity index (χ1n) is 8.11. The van der Waals surface area contributed by atoms with Crippen LogP contribution < -0.4 is 21.9 Å². The number of hydrogen-bond donors (Lipinski definition) is 4. The van der Waals surface area contributed by atoms with Gasteiger partial charge in [0.2, 0.25) is 5.91 Å². The molecule has 0 saturated carbocycles. The Balaban J connectivity index is 2.55. The number of primary amides is 1. The van der Waals surface area contributed by atoms with Crippen molar-refractivity contribution in [3.63, 3.8) is 0 Å². The van der Waals surface area contributed by atoms with Crippen LogP contribution in [0.25, 0.3) is 0 Å². The Bertz CT molecular complexity index is 672. The zero-order valence-electron chi connectivity index (χ0n) is 15.4. The third kappa shape index (κ3) is 9.68. The molecular weight excluding hydrogens is 356 g/mol. The second-order valence-corrected chi connectivity index (χ2v) is 6.55. The highest BCUT2D eigenvalue weighted by Crippen LogP contribution is 2.06. The van der Waals surface area contributed by atoms with Crippen molar-refractivity contribution in [3.05, 3.63) is 35.9 Å². The Hall–Kier alpha value is -3.30. The van der Waals surface area contributed by atoms with E-state index in [0.717, 1.165) is 5.56 Å². The van der Waals surface area contributed by atoms with Gasteiger partial charge in [-0.2, -0.15) is 0 Å². The Morgan fingerprint density at radius 1 is 1.04 bits per heavy atom. The summed E-state index contributed by atoms with van der Waals surface area (Å²) >= 11 is 0. The fraction of sp³-hybridized carbons (Fsp3) is 0.412. The third-order valence-corrected chi connectivity index (χ3v) is 2.91. The Kier molecular flexibility index (Phi) is 8.05. The molecule has 1 atom stereocenters. The zero-order valence-corrected chi connectivity index (χ0v) is 15.4. The maximum atomic E-state index is 12.1. The predicted octanol–water partition coefficient (Wildman–Crippen LogP) is 0.713. The summed E-state index contributed by atoms with van der Waals surface area (Å²) in [5, 5.41) is 2.22. The van der Waals surface area contributed by atoms with Gasteiger partial charge in [-0.05, 0) is 26.3 Å². The maximum Gasteiger partial charge on any atom is 0.426 e. The van der Waals surface area contributed by atoms with E-state index in [9.17, 15) is 19.2 Å². The summed E-state index contributed by atoms with van der Waals surface area (Å²) < 4.78 is 9.94. The number of carbonyl (C=O) groups excluding carboxylic acids is 4. The first-order valence-corrected chi connectivity index (χ1v) is 8.11. The first-order chi connectivity index (χ1) is 12.6. The van der Waals surface area contributed by atoms with Gasteiger partial charge in [0, 0.05) is 0 Å². The standard InChI is InChI=1S/C17H24N4O6/c1-17(2,3)27-16(25)21-20-14(23)12(9-13(18)22)19-15(24)26-10-11-7-5-4-6-8-11/h4-8,12H,9-10H2,1-3H3,(H2,18,22)(H,19,24)(H,20,23)(H,21,25). The second kappa shape index (κ2) is 10.00. The molecule has 0 spiro atoms. The van der Waals surface area contributed by atoms with E-state index in [2.05, 4.69) is 5.32 Å². The monoisotopic (exact) mass is 380 g/mol. The molecule has 10 heteroatoms. The number of ether oxygens (including phenoxy) is 2. The minimum absolute atomic E-state index is 0.0201. The van der Waals surface area contributed by atoms with Crippen molar-refractivity contribution in [1.29, 1.82) is 0 Å². The van der Waals surface area contributed by atoms with Crippen LogP contribution in [0, 0.1) is 0 Å². The Morgan fingerprint density at radius 3 is 2.22 bits per heavy atom. The van der Waals surface area contributed by atoms with Crippen molar-refractivity contribution in [1.82, 2.24) is 16.2 Å². The number of hydrazine groups is 1. The highest BCUT2D eigenvalue weighted by molar-refractivity contribution is 5.91. The van der Waals surface area contributed by atoms with E-state index in [-0.39, 0.29) is 6.61 Å². The molecule has 1 aromatic rings. The van der Waals surface area contributed by atoms with Crippen LogP contribution in [-0.2, 0) is 25.7 Å². The van der Waals surface area contributed by atoms with Gasteiger partial charge in [0.25, 0.3) is 5.91 Å². The molecule has 148 valence electrons. The van der Waals surface area contributed by atoms with Gasteiger partial charge in [-0.25, -0.2) is 15.0 Å². The fourth-order valence-corrected chi connectivity index (χ4v) is 1.82. The Labute approximate surface area is 156 Å². The zero-order chi connectivity index (χ0) is 20.4. The summed E-state index contributed by atoms with van der Waals surface area (Å²) in [6, 6.07) is 7.55. The summed E-state index contributed by atoms with van der Waals surface area (Å²) in [5.41, 5.74) is 9.14. The maximum absolute atomic E-state index is 12.1. The normalized spacial score (nSPS) is 11.7. The van der Waals surface area contributed by atoms with Gasteiger partial charge >= 0.3 is 12.2 Å². The molecule has 0 aliphatic heterocycles. The van der Waals surface area contributed by atoms with Crippen molar-refractivity contribution in [2.75, 3.05) is 0 Å². The lowest BCUT2D eigenvalue weighted by Crippen LogP contribution is -2.54. The second-order valence-electron chi connectivity index (χ2n) is 6.55. The molecule has 0 aliphatic carbocycles. The van der Waals surface area contributed by atoms with E-state index < -0.39 is 42.1 Å². The van der Waals surface area contributed by atoms with Gasteiger partial charge in [-0.1, -0.05) is 30.3 Å². The lowest BCUT2D eigenvalue weighted by molar-refractivity contribution is -0.127. The van der Waals surface area contributed by atoms with Crippen LogP contribution in [0.4, 0.5) is 9.59 Å². The summed E-state index contributed by atoms with van der Waals surface area (Å²) in [7, 11) is 0. The van der Waals surface area contributed by atoms with E-state index in [0.29, 0.717) is 0 Å². The van der Waals surface area contributed by atoms with E-state index in [1.54, 1.807) is 45.0 Å². The van der Waals surface area contributed by atoms with Crippen molar-refractivity contribution in [2.45, 2.75) is 45.4 Å². The first kappa shape index (κ1) is 21.7. The molecule has 0 aliphatic rings. The molecule has 0 aromatic heterocycles. The quantitative estimate of drug-likeness (QED) is 0.534. The summed E-state index contributed by atoms with van der Waals surface area (Å²) in [5.74, 6) is -1.69. The van der Waals surface area contributed by atoms with E-state index in [1.807, 2.05) is 16.9 Å². The van der Waals surface area contributed by atoms with Crippen LogP contribution in [-0.4, -0.2) is 35.6 Å². The molecule has 10 nitrogen and oxygen atoms in total. The number of carbonyl (C=O) groups is 4. The van der Waals surface area contributed by atoms with Gasteiger partial charge in [-0.15, -0.1) is 0 Å². The van der Waals surface area contributed by atoms with E-state index in [1.165, 1.54) is 0 Å². The fourth-order valence-electron chi connectivity index (χ4n) is 1.82. The molecule has 0 bridgehead atoms. The van der Waals surface area contributed by atoms with Gasteiger partial charge in [0.05, 0.1) is 6.42 Å². The van der Waals surface area contributed by atoms with Gasteiger partial charge < -0.3 is 20.5 Å². The van der Waals surface area contributed by atoms with Gasteiger partial charge in [0.15, 0.2) is 0 Å². The molecule has 0 fully saturated rings. The molecule has 0 heterocycles. The number of alkyl carbamates (subject to hydrolysis) is 1. The minimum atomic E-state index is -1.33. The topological polar surface area (TPSA) is 149 Å². The van der Waals surface area contributed by atoms with Crippen LogP contribution in [0.15, 0.2) is 30.3 Å². The van der Waals surface area contributed by atoms with Crippen molar-refractivity contribution in [2.24, 2.45) is 5.73 Å². The van der Waals surface area contributed by atoms with Crippen molar-refractivity contribution >= 4 is 24.0 Å². The van der Waals surface area contributed by atoms with Crippen LogP contribution >= 0.6 is 0 Å². The number of hydrogen-bond acceptors (Lipinski definition) is 6. The lowest BCUT2D eigenvalue weighted by Gasteiger charge is -2.21. The van der Waals surface area contributed by atoms with Crippen LogP contribution in [0.2, 0.25) is 0 Å². The molecule has 27 heavy (non-hydrogen) atoms. The smallest absolute Gasteiger partial charge is 0.426 e. The third-order valence-electron chi connectivity index (χ3n) is 2.91. The largest absolute Gasteiger partial charge is 0.445 e. The van der Waals surface area contributed by atoms with E-state index in [4.69, 9.17) is 15.2 Å². The average molecular weight is 380 g/mol. The average Bonchev–Trinajstić information content (AvgIpc) is 2.56. The lowest BCUT2D eigenvalue weighted by atomic mass is 10.2. The molecule has 0 radical (unpaired) electrons.